The molecule has 2 aromatic carbocycles. The molecule has 0 saturated carbocycles. The molecular weight excluding hydrogens is 1420 g/mol. The Morgan fingerprint density at radius 1 is 0.565 bits per heavy atom. The Labute approximate surface area is 635 Å². The SMILES string of the molecule is CC(C)C(=O)[C@H](C)NC(=O)[C@@H](NC(=O)[C@@H](CCCCCNC(=O)COC1CCCCCC2=C1NNN2CCOCCOCCOCCOCCC(=O)NCCS(=O)(=O)O)NC(=O)CCOCCOCCOCCOCCNC(=O)CCC(=O)N1Cc2ccccc2C2=C(NNN2C(C)C)c2ccccc21)C(C)C. The zero-order valence-corrected chi connectivity index (χ0v) is 64.9. The zero-order chi connectivity index (χ0) is 78.1. The minimum Gasteiger partial charge on any atom is -0.379 e. The Bertz CT molecular complexity index is 3330. The predicted molar refractivity (Wildman–Crippen MR) is 402 cm³/mol. The number of hydrogen-bond acceptors (Lipinski definition) is 25. The van der Waals surface area contributed by atoms with Crippen molar-refractivity contribution >= 4 is 74.3 Å². The standard InChI is InChI=1S/C74H119N13O20S/c1-52(2)68(74(95)78-55(7)72(93)53(3)4)80-73(94)59(21-10-9-17-29-75-66(91)51-107-62-24-12-8-11-23-61-70(62)82-83-86(61)32-36-102-40-44-106-48-46-103-41-37-99-33-27-64(89)77-31-49-108(96,97)98)79-65(90)28-34-100-38-42-104-45-47-105-43-39-101-35-30-76-63(88)25-26-67(92)85-50-56-18-13-14-19-57(56)71-69(81-84-87(71)54(5)6)58-20-15-16-22-60(58)85/h13-16,18-20,22,52-55,59,62,68,81-84H,8-12,17,21,23-51H2,1-7H3,(H,75,91)(H,76,88)(H,77,89)(H,78,95)(H,79,90)(H,80,94)(H,96,97,98)/t55-,59+,62?,68-/m0/s1. The van der Waals surface area contributed by atoms with E-state index < -0.39 is 51.7 Å². The number of ketones is 1. The lowest BCUT2D eigenvalue weighted by Gasteiger charge is -2.31. The van der Waals surface area contributed by atoms with Crippen LogP contribution in [0.1, 0.15) is 149 Å². The Balaban J connectivity index is 0.810. The molecule has 4 aliphatic rings. The molecule has 1 unspecified atom stereocenters. The molecule has 34 heteroatoms. The first-order valence-electron chi connectivity index (χ1n) is 38.0. The number of benzene rings is 2. The molecule has 7 amide bonds. The van der Waals surface area contributed by atoms with Crippen molar-refractivity contribution in [2.75, 3.05) is 149 Å². The third-order valence-electron chi connectivity index (χ3n) is 17.9. The van der Waals surface area contributed by atoms with Crippen LogP contribution in [0, 0.1) is 11.8 Å². The van der Waals surface area contributed by atoms with Crippen LogP contribution < -0.4 is 58.7 Å². The van der Waals surface area contributed by atoms with Gasteiger partial charge in [-0.15, -0.1) is 11.1 Å². The quantitative estimate of drug-likeness (QED) is 0.0335. The summed E-state index contributed by atoms with van der Waals surface area (Å²) in [6.07, 6.45) is 6.17. The van der Waals surface area contributed by atoms with Crippen LogP contribution in [0.3, 0.4) is 0 Å². The molecule has 606 valence electrons. The number of carbonyl (C=O) groups is 8. The highest BCUT2D eigenvalue weighted by Crippen LogP contribution is 2.40. The first-order valence-corrected chi connectivity index (χ1v) is 39.6. The molecule has 3 aliphatic heterocycles. The van der Waals surface area contributed by atoms with Crippen molar-refractivity contribution in [3.63, 3.8) is 0 Å². The van der Waals surface area contributed by atoms with Crippen molar-refractivity contribution in [1.29, 1.82) is 0 Å². The van der Waals surface area contributed by atoms with Crippen molar-refractivity contribution in [2.45, 2.75) is 169 Å². The number of ether oxygens (including phenoxy) is 9. The summed E-state index contributed by atoms with van der Waals surface area (Å²) in [6, 6.07) is 13.3. The molecule has 0 radical (unpaired) electrons. The number of nitrogens with zero attached hydrogens (tertiary/aromatic N) is 3. The maximum atomic E-state index is 14.0. The van der Waals surface area contributed by atoms with Gasteiger partial charge < -0.3 is 90.3 Å². The van der Waals surface area contributed by atoms with Gasteiger partial charge in [-0.1, -0.05) is 95.8 Å². The second-order valence-electron chi connectivity index (χ2n) is 27.4. The third kappa shape index (κ3) is 32.6. The second kappa shape index (κ2) is 49.6. The number of unbranched alkanes of at least 4 members (excludes halogenated alkanes) is 2. The van der Waals surface area contributed by atoms with E-state index >= 15 is 0 Å². The molecular formula is C74H119N13O20S. The molecule has 108 heavy (non-hydrogen) atoms. The Hall–Kier alpha value is -7.45. The van der Waals surface area contributed by atoms with Gasteiger partial charge in [-0.2, -0.15) is 8.42 Å². The number of fused-ring (bicyclic) bond motifs is 4. The topological polar surface area (TPSA) is 404 Å². The van der Waals surface area contributed by atoms with Gasteiger partial charge in [0.15, 0.2) is 5.78 Å². The average Bonchev–Trinajstić information content (AvgIpc) is 1.51. The molecule has 2 aromatic rings. The highest BCUT2D eigenvalue weighted by atomic mass is 32.2. The number of hydrazine groups is 4. The fourth-order valence-corrected chi connectivity index (χ4v) is 12.5. The van der Waals surface area contributed by atoms with Crippen LogP contribution in [-0.4, -0.2) is 245 Å². The van der Waals surface area contributed by atoms with Gasteiger partial charge in [-0.25, -0.2) is 0 Å². The number of para-hydroxylation sites is 1. The summed E-state index contributed by atoms with van der Waals surface area (Å²) in [7, 11) is -4.13. The zero-order valence-electron chi connectivity index (χ0n) is 64.1. The smallest absolute Gasteiger partial charge is 0.266 e. The maximum absolute atomic E-state index is 14.0. The van der Waals surface area contributed by atoms with Gasteiger partial charge in [0.1, 0.15) is 24.8 Å². The van der Waals surface area contributed by atoms with E-state index in [1.807, 2.05) is 47.5 Å². The molecule has 0 saturated heterocycles. The van der Waals surface area contributed by atoms with E-state index in [0.29, 0.717) is 105 Å². The number of rotatable bonds is 54. The van der Waals surface area contributed by atoms with Gasteiger partial charge >= 0.3 is 0 Å². The van der Waals surface area contributed by atoms with Crippen molar-refractivity contribution in [3.05, 3.63) is 76.6 Å². The summed E-state index contributed by atoms with van der Waals surface area (Å²) < 4.78 is 81.3. The summed E-state index contributed by atoms with van der Waals surface area (Å²) >= 11 is 0. The van der Waals surface area contributed by atoms with Gasteiger partial charge in [0.25, 0.3) is 10.1 Å². The lowest BCUT2D eigenvalue weighted by Crippen LogP contribution is -2.57. The first-order chi connectivity index (χ1) is 52.0. The molecule has 0 fully saturated rings. The van der Waals surface area contributed by atoms with Crippen LogP contribution in [0.15, 0.2) is 59.9 Å². The lowest BCUT2D eigenvalue weighted by atomic mass is 9.95. The summed E-state index contributed by atoms with van der Waals surface area (Å²) in [5.41, 5.74) is 20.6. The summed E-state index contributed by atoms with van der Waals surface area (Å²) in [6.45, 7) is 18.7. The fraction of sp³-hybridized carbons (Fsp3) is 0.676. The first kappa shape index (κ1) is 89.4. The lowest BCUT2D eigenvalue weighted by molar-refractivity contribution is -0.134. The highest BCUT2D eigenvalue weighted by Gasteiger charge is 2.36. The summed E-state index contributed by atoms with van der Waals surface area (Å²) in [4.78, 5) is 107. The number of anilines is 1. The van der Waals surface area contributed by atoms with Gasteiger partial charge in [-0.3, -0.25) is 52.9 Å². The van der Waals surface area contributed by atoms with E-state index in [4.69, 9.17) is 47.2 Å². The van der Waals surface area contributed by atoms with E-state index in [-0.39, 0.29) is 145 Å². The normalized spacial score (nSPS) is 15.9. The molecule has 33 nitrogen and oxygen atoms in total. The summed E-state index contributed by atoms with van der Waals surface area (Å²) in [5.74, 6) is -3.91. The van der Waals surface area contributed by atoms with Gasteiger partial charge in [0, 0.05) is 68.4 Å². The fourth-order valence-electron chi connectivity index (χ4n) is 12.2. The number of carbonyl (C=O) groups excluding carboxylic acids is 8. The second-order valence-corrected chi connectivity index (χ2v) is 29.0. The third-order valence-corrected chi connectivity index (χ3v) is 18.7. The molecule has 0 spiro atoms. The number of allylic oxidation sites excluding steroid dienone is 1. The molecule has 0 aromatic heterocycles. The molecule has 6 rings (SSSR count). The van der Waals surface area contributed by atoms with Crippen LogP contribution >= 0.6 is 0 Å². The summed E-state index contributed by atoms with van der Waals surface area (Å²) in [5, 5.41) is 20.7. The Kier molecular flexibility index (Phi) is 41.1. The van der Waals surface area contributed by atoms with Crippen molar-refractivity contribution in [2.24, 2.45) is 11.8 Å². The van der Waals surface area contributed by atoms with E-state index in [0.717, 1.165) is 77.3 Å². The van der Waals surface area contributed by atoms with Gasteiger partial charge in [0.2, 0.25) is 41.4 Å². The monoisotopic (exact) mass is 1540 g/mol. The van der Waals surface area contributed by atoms with Crippen LogP contribution in [0.5, 0.6) is 0 Å². The van der Waals surface area contributed by atoms with Crippen LogP contribution in [-0.2, 0) is 97.7 Å². The molecule has 11 N–H and O–H groups in total. The van der Waals surface area contributed by atoms with Crippen molar-refractivity contribution in [3.8, 4) is 0 Å². The largest absolute Gasteiger partial charge is 0.379 e. The van der Waals surface area contributed by atoms with Crippen LogP contribution in [0.25, 0.3) is 11.4 Å². The van der Waals surface area contributed by atoms with Crippen molar-refractivity contribution in [1.82, 2.24) is 63.8 Å². The Morgan fingerprint density at radius 2 is 1.15 bits per heavy atom. The highest BCUT2D eigenvalue weighted by molar-refractivity contribution is 7.85. The Morgan fingerprint density at radius 3 is 1.79 bits per heavy atom. The van der Waals surface area contributed by atoms with E-state index in [1.54, 1.807) is 39.5 Å². The van der Waals surface area contributed by atoms with Crippen LogP contribution in [0.4, 0.5) is 5.69 Å². The number of amides is 7. The minimum absolute atomic E-state index is 0.0205. The van der Waals surface area contributed by atoms with Gasteiger partial charge in [0.05, 0.1) is 159 Å². The van der Waals surface area contributed by atoms with E-state index in [9.17, 15) is 46.8 Å². The van der Waals surface area contributed by atoms with E-state index in [2.05, 4.69) is 78.7 Å². The maximum Gasteiger partial charge on any atom is 0.266 e. The predicted octanol–water partition coefficient (Wildman–Crippen LogP) is 2.82. The molecule has 4 atom stereocenters. The number of hydrogen-bond donors (Lipinski definition) is 11. The minimum atomic E-state index is -4.13. The molecule has 0 bridgehead atoms. The average molecular weight is 1540 g/mol. The number of nitrogens with one attached hydrogen (secondary N) is 10. The molecule has 1 aliphatic carbocycles. The van der Waals surface area contributed by atoms with E-state index in [1.165, 1.54) is 0 Å². The van der Waals surface area contributed by atoms with Crippen LogP contribution in [0.2, 0.25) is 0 Å². The van der Waals surface area contributed by atoms with Crippen molar-refractivity contribution < 1.29 is 94.0 Å². The van der Waals surface area contributed by atoms with Gasteiger partial charge in [-0.05, 0) is 70.4 Å². The molecule has 3 heterocycles. The number of Topliss-reactive ketones (excluding diaryl/α,β-unsaturated/α-hetero) is 1.